The van der Waals surface area contributed by atoms with Crippen LogP contribution in [0.1, 0.15) is 33.6 Å². The Hall–Kier alpha value is 0.220. The van der Waals surface area contributed by atoms with Crippen LogP contribution < -0.4 is 0 Å². The van der Waals surface area contributed by atoms with Crippen molar-refractivity contribution in [2.75, 3.05) is 0 Å². The van der Waals surface area contributed by atoms with Crippen LogP contribution in [0, 0.1) is 0 Å². The largest absolute Gasteiger partial charge is 0.0663 e. The molecule has 0 radical (unpaired) electrons. The lowest BCUT2D eigenvalue weighted by atomic mass is 10.2. The molecule has 0 amide bonds. The number of hydrogen-bond acceptors (Lipinski definition) is 0. The first-order valence-electron chi connectivity index (χ1n) is 3.00. The second-order valence-electron chi connectivity index (χ2n) is 2.15. The van der Waals surface area contributed by atoms with Crippen LogP contribution in [-0.2, 0) is 0 Å². The van der Waals surface area contributed by atoms with E-state index < -0.39 is 0 Å². The average Bonchev–Trinajstić information content (AvgIpc) is 1.67. The van der Waals surface area contributed by atoms with Crippen molar-refractivity contribution in [3.8, 4) is 0 Å². The standard InChI is InChI=1S/C7H13Br/c1-4-5-7(8)6(2)3/h4-5H2,1-3H3. The maximum atomic E-state index is 3.48. The molecule has 0 bridgehead atoms. The first kappa shape index (κ1) is 8.22. The Balaban J connectivity index is 3.62. The minimum absolute atomic E-state index is 1.18. The van der Waals surface area contributed by atoms with Crippen LogP contribution in [0.4, 0.5) is 0 Å². The van der Waals surface area contributed by atoms with Crippen LogP contribution in [0.3, 0.4) is 0 Å². The van der Waals surface area contributed by atoms with Crippen molar-refractivity contribution < 1.29 is 0 Å². The molecule has 0 aliphatic heterocycles. The number of allylic oxidation sites excluding steroid dienone is 2. The van der Waals surface area contributed by atoms with Crippen LogP contribution >= 0.6 is 15.9 Å². The quantitative estimate of drug-likeness (QED) is 0.605. The number of rotatable bonds is 2. The molecule has 0 aliphatic carbocycles. The zero-order chi connectivity index (χ0) is 6.57. The topological polar surface area (TPSA) is 0 Å². The molecule has 0 saturated carbocycles. The molecule has 0 nitrogen and oxygen atoms in total. The summed E-state index contributed by atoms with van der Waals surface area (Å²) >= 11 is 3.48. The molecule has 0 atom stereocenters. The third kappa shape index (κ3) is 3.25. The summed E-state index contributed by atoms with van der Waals surface area (Å²) in [7, 11) is 0. The number of hydrogen-bond donors (Lipinski definition) is 0. The molecule has 0 aromatic rings. The zero-order valence-electron chi connectivity index (χ0n) is 5.79. The molecule has 48 valence electrons. The molecule has 0 aromatic carbocycles. The Labute approximate surface area is 60.1 Å². The van der Waals surface area contributed by atoms with Gasteiger partial charge in [0.2, 0.25) is 0 Å². The number of halogens is 1. The summed E-state index contributed by atoms with van der Waals surface area (Å²) in [6.45, 7) is 6.43. The van der Waals surface area contributed by atoms with E-state index in [2.05, 4.69) is 36.7 Å². The molecule has 0 heterocycles. The van der Waals surface area contributed by atoms with Gasteiger partial charge in [-0.05, 0) is 24.8 Å². The van der Waals surface area contributed by atoms with Gasteiger partial charge in [0, 0.05) is 0 Å². The summed E-state index contributed by atoms with van der Waals surface area (Å²) in [6.07, 6.45) is 2.41. The summed E-state index contributed by atoms with van der Waals surface area (Å²) in [5.41, 5.74) is 1.40. The molecule has 0 saturated heterocycles. The van der Waals surface area contributed by atoms with Gasteiger partial charge in [0.1, 0.15) is 0 Å². The molecule has 0 N–H and O–H groups in total. The van der Waals surface area contributed by atoms with Crippen LogP contribution in [0.15, 0.2) is 10.1 Å². The second-order valence-corrected chi connectivity index (χ2v) is 3.11. The Morgan fingerprint density at radius 1 is 1.38 bits per heavy atom. The minimum Gasteiger partial charge on any atom is -0.0663 e. The highest BCUT2D eigenvalue weighted by molar-refractivity contribution is 9.11. The van der Waals surface area contributed by atoms with Crippen LogP contribution in [0.25, 0.3) is 0 Å². The Bertz CT molecular complexity index is 88.6. The molecule has 0 fully saturated rings. The molecule has 0 rings (SSSR count). The highest BCUT2D eigenvalue weighted by Gasteiger charge is 1.89. The van der Waals surface area contributed by atoms with Gasteiger partial charge in [0.25, 0.3) is 0 Å². The van der Waals surface area contributed by atoms with Crippen molar-refractivity contribution in [3.63, 3.8) is 0 Å². The van der Waals surface area contributed by atoms with Gasteiger partial charge < -0.3 is 0 Å². The van der Waals surface area contributed by atoms with E-state index in [1.54, 1.807) is 0 Å². The molecular formula is C7H13Br. The summed E-state index contributed by atoms with van der Waals surface area (Å²) in [5.74, 6) is 0. The van der Waals surface area contributed by atoms with E-state index in [1.165, 1.54) is 22.9 Å². The van der Waals surface area contributed by atoms with Gasteiger partial charge in [-0.25, -0.2) is 0 Å². The van der Waals surface area contributed by atoms with Gasteiger partial charge in [-0.3, -0.25) is 0 Å². The van der Waals surface area contributed by atoms with E-state index in [0.29, 0.717) is 0 Å². The SMILES string of the molecule is CCCC(Br)=C(C)C. The van der Waals surface area contributed by atoms with E-state index in [0.717, 1.165) is 0 Å². The van der Waals surface area contributed by atoms with Crippen molar-refractivity contribution in [3.05, 3.63) is 10.1 Å². The van der Waals surface area contributed by atoms with Gasteiger partial charge in [0.05, 0.1) is 0 Å². The van der Waals surface area contributed by atoms with Crippen molar-refractivity contribution >= 4 is 15.9 Å². The predicted octanol–water partition coefficient (Wildman–Crippen LogP) is 3.48. The van der Waals surface area contributed by atoms with Gasteiger partial charge in [0.15, 0.2) is 0 Å². The van der Waals surface area contributed by atoms with E-state index in [9.17, 15) is 0 Å². The Morgan fingerprint density at radius 2 is 1.88 bits per heavy atom. The fourth-order valence-corrected chi connectivity index (χ4v) is 0.866. The van der Waals surface area contributed by atoms with Gasteiger partial charge >= 0.3 is 0 Å². The summed E-state index contributed by atoms with van der Waals surface area (Å²) in [5, 5.41) is 0. The molecule has 0 aliphatic rings. The first-order valence-corrected chi connectivity index (χ1v) is 3.79. The predicted molar refractivity (Wildman–Crippen MR) is 42.2 cm³/mol. The second kappa shape index (κ2) is 4.13. The first-order chi connectivity index (χ1) is 3.68. The zero-order valence-corrected chi connectivity index (χ0v) is 7.38. The van der Waals surface area contributed by atoms with Crippen LogP contribution in [0.2, 0.25) is 0 Å². The summed E-state index contributed by atoms with van der Waals surface area (Å²) in [6, 6.07) is 0. The van der Waals surface area contributed by atoms with Crippen molar-refractivity contribution in [1.29, 1.82) is 0 Å². The maximum absolute atomic E-state index is 3.48. The lowest BCUT2D eigenvalue weighted by Gasteiger charge is -1.95. The Kier molecular flexibility index (Phi) is 4.25. The van der Waals surface area contributed by atoms with E-state index in [1.807, 2.05) is 0 Å². The fourth-order valence-electron chi connectivity index (χ4n) is 0.469. The van der Waals surface area contributed by atoms with E-state index in [4.69, 9.17) is 0 Å². The molecular weight excluding hydrogens is 164 g/mol. The van der Waals surface area contributed by atoms with Crippen LogP contribution in [0.5, 0.6) is 0 Å². The van der Waals surface area contributed by atoms with Crippen molar-refractivity contribution in [2.24, 2.45) is 0 Å². The Morgan fingerprint density at radius 3 is 2.00 bits per heavy atom. The lowest BCUT2D eigenvalue weighted by Crippen LogP contribution is -1.73. The summed E-state index contributed by atoms with van der Waals surface area (Å²) in [4.78, 5) is 0. The highest BCUT2D eigenvalue weighted by atomic mass is 79.9. The molecule has 8 heavy (non-hydrogen) atoms. The third-order valence-corrected chi connectivity index (χ3v) is 2.20. The van der Waals surface area contributed by atoms with Gasteiger partial charge in [-0.15, -0.1) is 0 Å². The van der Waals surface area contributed by atoms with Gasteiger partial charge in [-0.2, -0.15) is 0 Å². The fraction of sp³-hybridized carbons (Fsp3) is 0.714. The van der Waals surface area contributed by atoms with E-state index >= 15 is 0 Å². The lowest BCUT2D eigenvalue weighted by molar-refractivity contribution is 0.939. The maximum Gasteiger partial charge on any atom is -0.00630 e. The van der Waals surface area contributed by atoms with Crippen molar-refractivity contribution in [2.45, 2.75) is 33.6 Å². The molecule has 0 unspecified atom stereocenters. The molecule has 0 aromatic heterocycles. The molecule has 0 spiro atoms. The van der Waals surface area contributed by atoms with Gasteiger partial charge in [-0.1, -0.05) is 34.8 Å². The smallest absolute Gasteiger partial charge is 0.00630 e. The summed E-state index contributed by atoms with van der Waals surface area (Å²) < 4.78 is 1.36. The van der Waals surface area contributed by atoms with Crippen molar-refractivity contribution in [1.82, 2.24) is 0 Å². The minimum atomic E-state index is 1.18. The average molecular weight is 177 g/mol. The molecule has 1 heteroatoms. The van der Waals surface area contributed by atoms with E-state index in [-0.39, 0.29) is 0 Å². The third-order valence-electron chi connectivity index (χ3n) is 1.01. The monoisotopic (exact) mass is 176 g/mol. The normalized spacial score (nSPS) is 9.00. The highest BCUT2D eigenvalue weighted by Crippen LogP contribution is 2.16. The van der Waals surface area contributed by atoms with Crippen LogP contribution in [-0.4, -0.2) is 0 Å².